The number of carbonyl (C=O) groups is 2. The van der Waals surface area contributed by atoms with Gasteiger partial charge in [0, 0.05) is 48.2 Å². The van der Waals surface area contributed by atoms with Crippen LogP contribution in [0.5, 0.6) is 5.75 Å². The number of carboxylic acid groups (broad SMARTS) is 1. The van der Waals surface area contributed by atoms with E-state index >= 15 is 0 Å². The number of carbonyl (C=O) groups excluding carboxylic acids is 1. The molecule has 7 nitrogen and oxygen atoms in total. The van der Waals surface area contributed by atoms with Gasteiger partial charge in [-0.15, -0.1) is 0 Å². The van der Waals surface area contributed by atoms with E-state index in [2.05, 4.69) is 0 Å². The van der Waals surface area contributed by atoms with Crippen molar-refractivity contribution in [1.82, 2.24) is 0 Å². The maximum atomic E-state index is 11.7. The molecule has 0 bridgehead atoms. The molecule has 2 aliphatic rings. The third-order valence-corrected chi connectivity index (χ3v) is 4.03. The van der Waals surface area contributed by atoms with Gasteiger partial charge in [0.25, 0.3) is 5.97 Å². The number of hydrogen-bond donors (Lipinski definition) is 3. The van der Waals surface area contributed by atoms with Gasteiger partial charge >= 0.3 is 0 Å². The highest BCUT2D eigenvalue weighted by atomic mass is 16.4. The highest BCUT2D eigenvalue weighted by molar-refractivity contribution is 6.05. The van der Waals surface area contributed by atoms with Gasteiger partial charge in [-0.3, -0.25) is 14.4 Å². The molecule has 0 saturated heterocycles. The van der Waals surface area contributed by atoms with Gasteiger partial charge in [-0.1, -0.05) is 24.3 Å². The number of fused-ring (bicyclic) bond motifs is 2. The Labute approximate surface area is 171 Å². The van der Waals surface area contributed by atoms with Crippen molar-refractivity contribution in [2.75, 3.05) is 7.11 Å². The maximum absolute atomic E-state index is 11.7. The van der Waals surface area contributed by atoms with Crippen LogP contribution < -0.4 is 5.43 Å². The fourth-order valence-corrected chi connectivity index (χ4v) is 2.98. The lowest BCUT2D eigenvalue weighted by atomic mass is 9.91. The number of phenolic OH excluding ortho intramolecular Hbond substituents is 1. The van der Waals surface area contributed by atoms with Gasteiger partial charge in [-0.2, -0.15) is 0 Å². The maximum Gasteiger partial charge on any atom is 0.300 e. The number of rotatable bonds is 2. The molecule has 4 rings (SSSR count). The molecule has 1 aliphatic heterocycles. The van der Waals surface area contributed by atoms with Crippen molar-refractivity contribution < 1.29 is 29.3 Å². The summed E-state index contributed by atoms with van der Waals surface area (Å²) in [6.07, 6.45) is 0.805. The number of aliphatic hydroxyl groups is 1. The summed E-state index contributed by atoms with van der Waals surface area (Å²) in [4.78, 5) is 32.2. The van der Waals surface area contributed by atoms with Crippen molar-refractivity contribution in [2.24, 2.45) is 0 Å². The summed E-state index contributed by atoms with van der Waals surface area (Å²) in [6, 6.07) is 16.6. The SMILES string of the molecule is CC(=O)O.CO.O=Cc1ccccc1-c1c2ccc(=O)cc-2oc2cc(O)ccc12. The van der Waals surface area contributed by atoms with E-state index in [1.54, 1.807) is 30.3 Å². The van der Waals surface area contributed by atoms with E-state index in [9.17, 15) is 14.7 Å². The molecule has 7 heteroatoms. The highest BCUT2D eigenvalue weighted by Crippen LogP contribution is 2.41. The average molecular weight is 408 g/mol. The predicted octanol–water partition coefficient (Wildman–Crippen LogP) is 3.78. The Hall–Kier alpha value is -3.97. The standard InChI is InChI=1S/C20H12O4.C2H4O2.CH4O/c21-11-12-3-1-2-4-15(12)20-16-7-5-13(22)9-18(16)24-19-10-14(23)6-8-17(19)20;1-2(3)4;1-2/h1-11,22H;1H3,(H,3,4);2H,1H3. The summed E-state index contributed by atoms with van der Waals surface area (Å²) in [5.41, 5.74) is 3.12. The number of aldehydes is 1. The molecule has 1 aliphatic carbocycles. The smallest absolute Gasteiger partial charge is 0.300 e. The molecule has 0 radical (unpaired) electrons. The summed E-state index contributed by atoms with van der Waals surface area (Å²) < 4.78 is 5.80. The molecular formula is C23H20O7. The predicted molar refractivity (Wildman–Crippen MR) is 113 cm³/mol. The molecule has 0 fully saturated rings. The van der Waals surface area contributed by atoms with E-state index in [0.717, 1.165) is 42.4 Å². The normalized spacial score (nSPS) is 9.83. The number of benzene rings is 3. The molecule has 2 aromatic carbocycles. The van der Waals surface area contributed by atoms with Gasteiger partial charge in [0.1, 0.15) is 17.1 Å². The molecule has 3 N–H and O–H groups in total. The number of hydrogen-bond acceptors (Lipinski definition) is 6. The number of aliphatic hydroxyl groups excluding tert-OH is 1. The monoisotopic (exact) mass is 408 g/mol. The topological polar surface area (TPSA) is 125 Å². The average Bonchev–Trinajstić information content (AvgIpc) is 2.73. The second kappa shape index (κ2) is 9.99. The third-order valence-electron chi connectivity index (χ3n) is 4.03. The Bertz CT molecular complexity index is 1200. The number of aromatic hydroxyl groups is 1. The van der Waals surface area contributed by atoms with Gasteiger partial charge in [0.15, 0.2) is 11.7 Å². The Kier molecular flexibility index (Phi) is 7.44. The van der Waals surface area contributed by atoms with Gasteiger partial charge < -0.3 is 19.7 Å². The van der Waals surface area contributed by atoms with Crippen LogP contribution in [0.2, 0.25) is 0 Å². The minimum Gasteiger partial charge on any atom is -0.508 e. The summed E-state index contributed by atoms with van der Waals surface area (Å²) in [6.45, 7) is 1.08. The second-order valence-electron chi connectivity index (χ2n) is 6.04. The third kappa shape index (κ3) is 4.89. The molecule has 154 valence electrons. The fourth-order valence-electron chi connectivity index (χ4n) is 2.98. The van der Waals surface area contributed by atoms with Gasteiger partial charge in [0.05, 0.1) is 0 Å². The molecule has 0 aromatic heterocycles. The zero-order valence-electron chi connectivity index (χ0n) is 16.3. The van der Waals surface area contributed by atoms with Crippen LogP contribution in [0.25, 0.3) is 33.4 Å². The van der Waals surface area contributed by atoms with E-state index in [-0.39, 0.29) is 11.2 Å². The summed E-state index contributed by atoms with van der Waals surface area (Å²) in [5.74, 6) is -0.352. The quantitative estimate of drug-likeness (QED) is 0.340. The van der Waals surface area contributed by atoms with Crippen molar-refractivity contribution >= 4 is 23.2 Å². The van der Waals surface area contributed by atoms with Gasteiger partial charge in [-0.05, 0) is 29.8 Å². The van der Waals surface area contributed by atoms with Crippen LogP contribution in [0.15, 0.2) is 69.9 Å². The van der Waals surface area contributed by atoms with Crippen molar-refractivity contribution in [1.29, 1.82) is 0 Å². The van der Waals surface area contributed by atoms with Crippen LogP contribution in [-0.4, -0.2) is 34.7 Å². The molecule has 0 amide bonds. The molecule has 0 spiro atoms. The van der Waals surface area contributed by atoms with E-state index in [1.165, 1.54) is 18.2 Å². The van der Waals surface area contributed by atoms with Crippen molar-refractivity contribution in [2.45, 2.75) is 6.92 Å². The van der Waals surface area contributed by atoms with Crippen LogP contribution in [-0.2, 0) is 4.79 Å². The Balaban J connectivity index is 0.000000481. The van der Waals surface area contributed by atoms with Crippen LogP contribution in [0.1, 0.15) is 17.3 Å². The van der Waals surface area contributed by atoms with Crippen molar-refractivity contribution in [3.8, 4) is 28.2 Å². The van der Waals surface area contributed by atoms with Crippen molar-refractivity contribution in [3.05, 3.63) is 76.5 Å². The molecule has 1 heterocycles. The first-order valence-corrected chi connectivity index (χ1v) is 8.79. The van der Waals surface area contributed by atoms with Crippen molar-refractivity contribution in [3.63, 3.8) is 0 Å². The second-order valence-corrected chi connectivity index (χ2v) is 6.04. The largest absolute Gasteiger partial charge is 0.508 e. The van der Waals surface area contributed by atoms with Gasteiger partial charge in [0.2, 0.25) is 0 Å². The summed E-state index contributed by atoms with van der Waals surface area (Å²) >= 11 is 0. The van der Waals surface area contributed by atoms with Crippen LogP contribution >= 0.6 is 0 Å². The molecule has 0 atom stereocenters. The first-order chi connectivity index (χ1) is 14.4. The fraction of sp³-hybridized carbons (Fsp3) is 0.0870. The van der Waals surface area contributed by atoms with E-state index in [0.29, 0.717) is 16.9 Å². The number of phenols is 1. The lowest BCUT2D eigenvalue weighted by molar-refractivity contribution is -0.134. The lowest BCUT2D eigenvalue weighted by Crippen LogP contribution is -2.00. The molecule has 0 saturated carbocycles. The highest BCUT2D eigenvalue weighted by Gasteiger charge is 2.19. The van der Waals surface area contributed by atoms with Gasteiger partial charge in [-0.25, -0.2) is 0 Å². The minimum absolute atomic E-state index is 0.0681. The zero-order chi connectivity index (χ0) is 22.3. The molecule has 0 unspecified atom stereocenters. The minimum atomic E-state index is -0.833. The van der Waals surface area contributed by atoms with E-state index < -0.39 is 5.97 Å². The van der Waals surface area contributed by atoms with E-state index in [4.69, 9.17) is 19.4 Å². The summed E-state index contributed by atoms with van der Waals surface area (Å²) in [7, 11) is 1.00. The van der Waals surface area contributed by atoms with Crippen LogP contribution in [0.4, 0.5) is 0 Å². The van der Waals surface area contributed by atoms with Crippen LogP contribution in [0.3, 0.4) is 0 Å². The lowest BCUT2D eigenvalue weighted by Gasteiger charge is -2.16. The molecule has 2 aromatic rings. The van der Waals surface area contributed by atoms with Crippen LogP contribution in [0, 0.1) is 0 Å². The number of carboxylic acids is 1. The number of aliphatic carboxylic acids is 1. The Morgan fingerprint density at radius 3 is 2.30 bits per heavy atom. The first kappa shape index (κ1) is 22.3. The van der Waals surface area contributed by atoms with E-state index in [1.807, 2.05) is 12.1 Å². The first-order valence-electron chi connectivity index (χ1n) is 8.79. The zero-order valence-corrected chi connectivity index (χ0v) is 16.3. The Morgan fingerprint density at radius 1 is 0.967 bits per heavy atom. The molecular weight excluding hydrogens is 388 g/mol. The molecule has 30 heavy (non-hydrogen) atoms. The Morgan fingerprint density at radius 2 is 1.63 bits per heavy atom. The summed E-state index contributed by atoms with van der Waals surface area (Å²) in [5, 5.41) is 24.9.